The van der Waals surface area contributed by atoms with E-state index >= 15 is 4.39 Å². The molecule has 54 heavy (non-hydrogen) atoms. The normalized spacial score (nSPS) is 29.5. The highest BCUT2D eigenvalue weighted by molar-refractivity contribution is 6.03. The number of anilines is 1. The van der Waals surface area contributed by atoms with Crippen molar-refractivity contribution in [3.8, 4) is 35.4 Å². The summed E-state index contributed by atoms with van der Waals surface area (Å²) in [4.78, 5) is 34.0. The molecular formula is C41H42F3N7O3. The number of nitrogens with zero attached hydrogens (tertiary/aromatic N) is 6. The average molecular weight is 738 g/mol. The predicted molar refractivity (Wildman–Crippen MR) is 197 cm³/mol. The number of phenols is 1. The number of piperazine rings is 1. The van der Waals surface area contributed by atoms with Crippen LogP contribution in [0.3, 0.4) is 0 Å². The van der Waals surface area contributed by atoms with Gasteiger partial charge in [-0.25, -0.2) is 13.2 Å². The number of ether oxygens (including phenoxy) is 1. The minimum absolute atomic E-state index is 0.0217. The third kappa shape index (κ3) is 5.39. The molecule has 280 valence electrons. The Morgan fingerprint density at radius 3 is 2.69 bits per heavy atom. The predicted octanol–water partition coefficient (Wildman–Crippen LogP) is 5.32. The van der Waals surface area contributed by atoms with Gasteiger partial charge in [0.1, 0.15) is 41.4 Å². The number of alkyl halides is 1. The van der Waals surface area contributed by atoms with Crippen molar-refractivity contribution >= 4 is 33.4 Å². The van der Waals surface area contributed by atoms with Crippen LogP contribution in [0, 0.1) is 41.7 Å². The number of carbonyl (C=O) groups excluding carboxylic acids is 1. The van der Waals surface area contributed by atoms with E-state index < -0.39 is 29.4 Å². The van der Waals surface area contributed by atoms with Crippen LogP contribution in [0.5, 0.6) is 11.8 Å². The number of aromatic hydroxyl groups is 1. The minimum atomic E-state index is -0.954. The lowest BCUT2D eigenvalue weighted by molar-refractivity contribution is -0.136. The second-order valence-corrected chi connectivity index (χ2v) is 16.5. The highest BCUT2D eigenvalue weighted by Crippen LogP contribution is 2.56. The SMILES string of the molecule is C#Cc1c(F)ccc2cc(O)cc(-c3ncc4c(N5CC6CCC(C5)N6C(=O)[C@H](N)[C@H]5C[C@H]5C5CC5)nc(OC[C@@]56CCCN5C[C@H](F)C6)nc4c3F)c12. The van der Waals surface area contributed by atoms with E-state index in [9.17, 15) is 18.7 Å². The fraction of sp³-hybridized carbons (Fsp3) is 0.512. The number of terminal acetylenes is 1. The number of hydrogen-bond donors (Lipinski definition) is 2. The fourth-order valence-corrected chi connectivity index (χ4v) is 10.4. The molecule has 10 rings (SSSR count). The van der Waals surface area contributed by atoms with Crippen LogP contribution in [-0.4, -0.2) is 98.4 Å². The monoisotopic (exact) mass is 737 g/mol. The quantitative estimate of drug-likeness (QED) is 0.232. The van der Waals surface area contributed by atoms with E-state index in [4.69, 9.17) is 21.9 Å². The van der Waals surface area contributed by atoms with Crippen molar-refractivity contribution in [3.63, 3.8) is 0 Å². The number of nitrogens with two attached hydrogens (primary N) is 1. The molecule has 10 nitrogen and oxygen atoms in total. The largest absolute Gasteiger partial charge is 0.508 e. The summed E-state index contributed by atoms with van der Waals surface area (Å²) in [7, 11) is 0. The van der Waals surface area contributed by atoms with Gasteiger partial charge in [-0.2, -0.15) is 9.97 Å². The molecule has 4 aromatic rings. The van der Waals surface area contributed by atoms with Crippen molar-refractivity contribution in [2.24, 2.45) is 23.5 Å². The van der Waals surface area contributed by atoms with Crippen molar-refractivity contribution in [2.45, 2.75) is 81.2 Å². The van der Waals surface area contributed by atoms with Gasteiger partial charge in [0.25, 0.3) is 0 Å². The van der Waals surface area contributed by atoms with Crippen LogP contribution in [-0.2, 0) is 4.79 Å². The summed E-state index contributed by atoms with van der Waals surface area (Å²) in [6.45, 7) is 2.21. The third-order valence-electron chi connectivity index (χ3n) is 13.2. The summed E-state index contributed by atoms with van der Waals surface area (Å²) in [5.74, 6) is 2.74. The number of phenolic OH excluding ortho intramolecular Hbond substituents is 1. The van der Waals surface area contributed by atoms with Gasteiger partial charge in [-0.05, 0) is 92.8 Å². The molecule has 2 aromatic carbocycles. The summed E-state index contributed by atoms with van der Waals surface area (Å²) in [5, 5.41) is 11.6. The van der Waals surface area contributed by atoms with E-state index in [1.807, 2.05) is 4.90 Å². The number of rotatable bonds is 8. The van der Waals surface area contributed by atoms with Crippen LogP contribution < -0.4 is 15.4 Å². The van der Waals surface area contributed by atoms with E-state index in [2.05, 4.69) is 25.7 Å². The third-order valence-corrected chi connectivity index (χ3v) is 13.2. The maximum Gasteiger partial charge on any atom is 0.319 e. The molecular weight excluding hydrogens is 695 g/mol. The number of benzene rings is 2. The van der Waals surface area contributed by atoms with Gasteiger partial charge in [0, 0.05) is 55.3 Å². The van der Waals surface area contributed by atoms with Crippen LogP contribution in [0.1, 0.15) is 56.9 Å². The van der Waals surface area contributed by atoms with Crippen LogP contribution in [0.4, 0.5) is 19.0 Å². The first kappa shape index (κ1) is 33.9. The van der Waals surface area contributed by atoms with Crippen LogP contribution in [0.15, 0.2) is 30.5 Å². The average Bonchev–Trinajstić information content (AvgIpc) is 4.07. The van der Waals surface area contributed by atoms with E-state index in [0.29, 0.717) is 48.6 Å². The number of aromatic nitrogens is 3. The molecule has 2 saturated carbocycles. The Morgan fingerprint density at radius 2 is 1.93 bits per heavy atom. The van der Waals surface area contributed by atoms with Crippen LogP contribution in [0.2, 0.25) is 0 Å². The molecule has 2 aliphatic carbocycles. The molecule has 2 bridgehead atoms. The molecule has 7 atom stereocenters. The number of hydrogen-bond acceptors (Lipinski definition) is 9. The summed E-state index contributed by atoms with van der Waals surface area (Å²) in [6.07, 6.45) is 13.5. The summed E-state index contributed by atoms with van der Waals surface area (Å²) in [6, 6.07) is 4.70. The zero-order chi connectivity index (χ0) is 37.0. The molecule has 0 radical (unpaired) electrons. The molecule has 2 aromatic heterocycles. The van der Waals surface area contributed by atoms with E-state index in [-0.39, 0.29) is 70.0 Å². The topological polar surface area (TPSA) is 121 Å². The first-order valence-electron chi connectivity index (χ1n) is 19.3. The Hall–Kier alpha value is -4.67. The lowest BCUT2D eigenvalue weighted by Crippen LogP contribution is -2.59. The Bertz CT molecular complexity index is 2250. The number of halogens is 3. The minimum Gasteiger partial charge on any atom is -0.508 e. The zero-order valence-corrected chi connectivity index (χ0v) is 29.9. The molecule has 2 unspecified atom stereocenters. The molecule has 4 saturated heterocycles. The lowest BCUT2D eigenvalue weighted by atomic mass is 9.95. The Morgan fingerprint density at radius 1 is 1.13 bits per heavy atom. The Labute approximate surface area is 310 Å². The molecule has 4 aliphatic heterocycles. The van der Waals surface area contributed by atoms with E-state index in [1.54, 1.807) is 0 Å². The van der Waals surface area contributed by atoms with Gasteiger partial charge >= 0.3 is 6.01 Å². The zero-order valence-electron chi connectivity index (χ0n) is 29.9. The number of fused-ring (bicyclic) bond motifs is 5. The second-order valence-electron chi connectivity index (χ2n) is 16.5. The molecule has 13 heteroatoms. The molecule has 6 aliphatic rings. The molecule has 6 heterocycles. The van der Waals surface area contributed by atoms with E-state index in [1.165, 1.54) is 43.3 Å². The summed E-state index contributed by atoms with van der Waals surface area (Å²) >= 11 is 0. The highest BCUT2D eigenvalue weighted by Gasteiger charge is 2.54. The molecule has 1 amide bonds. The smallest absolute Gasteiger partial charge is 0.319 e. The standard InChI is InChI=1S/C41H42F3N7O3/c1-2-27-32(43)9-6-22-12-26(52)13-30(33(22)27)36-34(44)37-31(16-46-36)38(48-40(47-37)54-20-41-10-3-11-50(41)17-23(42)15-41)49-18-24-7-8-25(19-49)51(24)39(53)35(45)29-14-28(29)21-4-5-21/h1,6,9,12-13,16,21,23-25,28-29,35,52H,3-5,7-8,10-11,14-15,17-20,45H2/t23-,24?,25?,28+,29+,35-,41+/m1/s1. The van der Waals surface area contributed by atoms with Gasteiger partial charge in [-0.15, -0.1) is 6.42 Å². The van der Waals surface area contributed by atoms with Crippen LogP contribution >= 0.6 is 0 Å². The summed E-state index contributed by atoms with van der Waals surface area (Å²) < 4.78 is 53.0. The van der Waals surface area contributed by atoms with E-state index in [0.717, 1.165) is 44.6 Å². The summed E-state index contributed by atoms with van der Waals surface area (Å²) in [5.41, 5.74) is 5.92. The number of pyridine rings is 1. The van der Waals surface area contributed by atoms with Gasteiger partial charge in [-0.3, -0.25) is 14.7 Å². The van der Waals surface area contributed by atoms with Crippen molar-refractivity contribution in [1.29, 1.82) is 0 Å². The lowest BCUT2D eigenvalue weighted by Gasteiger charge is -2.42. The maximum atomic E-state index is 17.1. The first-order chi connectivity index (χ1) is 26.1. The van der Waals surface area contributed by atoms with Gasteiger partial charge in [0.15, 0.2) is 5.82 Å². The molecule has 6 fully saturated rings. The fourth-order valence-electron chi connectivity index (χ4n) is 10.4. The van der Waals surface area contributed by atoms with Crippen molar-refractivity contribution in [1.82, 2.24) is 24.8 Å². The van der Waals surface area contributed by atoms with Gasteiger partial charge in [-0.1, -0.05) is 12.0 Å². The maximum absolute atomic E-state index is 17.1. The van der Waals surface area contributed by atoms with Gasteiger partial charge in [0.05, 0.1) is 22.5 Å². The second kappa shape index (κ2) is 12.4. The van der Waals surface area contributed by atoms with Gasteiger partial charge in [0.2, 0.25) is 5.91 Å². The van der Waals surface area contributed by atoms with Gasteiger partial charge < -0.3 is 25.4 Å². The number of carbonyl (C=O) groups is 1. The first-order valence-corrected chi connectivity index (χ1v) is 19.3. The van der Waals surface area contributed by atoms with Crippen LogP contribution in [0.25, 0.3) is 32.9 Å². The molecule has 0 spiro atoms. The highest BCUT2D eigenvalue weighted by atomic mass is 19.1. The van der Waals surface area contributed by atoms with Crippen molar-refractivity contribution < 1.29 is 27.8 Å². The number of amides is 1. The van der Waals surface area contributed by atoms with Crippen molar-refractivity contribution in [3.05, 3.63) is 47.7 Å². The Balaban J connectivity index is 1.04. The molecule has 3 N–H and O–H groups in total. The van der Waals surface area contributed by atoms with Crippen molar-refractivity contribution in [2.75, 3.05) is 37.7 Å². The Kier molecular flexibility index (Phi) is 7.79.